The van der Waals surface area contributed by atoms with Gasteiger partial charge in [0.1, 0.15) is 12.7 Å². The fourth-order valence-corrected chi connectivity index (χ4v) is 6.33. The number of pyridine rings is 1. The number of amides is 2. The molecule has 1 aromatic carbocycles. The Kier molecular flexibility index (Phi) is 9.05. The number of carbonyl (C=O) groups is 2. The first-order valence-electron chi connectivity index (χ1n) is 14.7. The summed E-state index contributed by atoms with van der Waals surface area (Å²) in [5.41, 5.74) is -0.998. The van der Waals surface area contributed by atoms with E-state index < -0.39 is 70.7 Å². The standard InChI is InChI=1S/C28H26ClF4N9O6S/c29-16-5-3-15(4-6-16)22-38-41(27(46)40(22)13-20(43)28(31,32)33)14-21-36-24(26(45)39-8-10-49(47,48)11-9-39)42(37-21)23-17(2-1-7-34-23)25(44)35-19-12-18(19)30/h1-7,18-20,43H,8-14H2,(H,35,44)/t18?,19?,20-/m0/s1. The van der Waals surface area contributed by atoms with Crippen molar-refractivity contribution in [2.24, 2.45) is 0 Å². The molecule has 4 heterocycles. The Morgan fingerprint density at radius 2 is 1.78 bits per heavy atom. The molecule has 49 heavy (non-hydrogen) atoms. The van der Waals surface area contributed by atoms with Crippen LogP contribution < -0.4 is 11.0 Å². The second-order valence-electron chi connectivity index (χ2n) is 11.4. The lowest BCUT2D eigenvalue weighted by molar-refractivity contribution is -0.207. The maximum absolute atomic E-state index is 13.7. The molecule has 0 bridgehead atoms. The van der Waals surface area contributed by atoms with Crippen molar-refractivity contribution in [2.75, 3.05) is 24.6 Å². The van der Waals surface area contributed by atoms with Crippen LogP contribution in [0.2, 0.25) is 5.02 Å². The predicted molar refractivity (Wildman–Crippen MR) is 163 cm³/mol. The number of nitrogens with zero attached hydrogens (tertiary/aromatic N) is 8. The van der Waals surface area contributed by atoms with Crippen molar-refractivity contribution in [3.8, 4) is 17.2 Å². The second-order valence-corrected chi connectivity index (χ2v) is 14.1. The Morgan fingerprint density at radius 3 is 2.41 bits per heavy atom. The fourth-order valence-electron chi connectivity index (χ4n) is 5.00. The Hall–Kier alpha value is -4.69. The molecule has 2 aliphatic rings. The number of hydrogen-bond donors (Lipinski definition) is 2. The van der Waals surface area contributed by atoms with Crippen molar-refractivity contribution in [2.45, 2.75) is 44.0 Å². The van der Waals surface area contributed by atoms with Crippen LogP contribution >= 0.6 is 11.6 Å². The first-order valence-corrected chi connectivity index (χ1v) is 16.9. The molecule has 6 rings (SSSR count). The van der Waals surface area contributed by atoms with Gasteiger partial charge in [0.05, 0.1) is 29.7 Å². The van der Waals surface area contributed by atoms with E-state index in [0.717, 1.165) is 9.36 Å². The minimum absolute atomic E-state index is 0.110. The molecule has 3 atom stereocenters. The number of nitrogens with one attached hydrogen (secondary N) is 1. The maximum atomic E-state index is 13.7. The van der Waals surface area contributed by atoms with Gasteiger partial charge in [0.25, 0.3) is 11.8 Å². The van der Waals surface area contributed by atoms with Crippen LogP contribution in [0.5, 0.6) is 0 Å². The number of carbonyl (C=O) groups excluding carboxylic acids is 2. The molecule has 2 N–H and O–H groups in total. The van der Waals surface area contributed by atoms with Crippen LogP contribution in [0.3, 0.4) is 0 Å². The smallest absolute Gasteiger partial charge is 0.382 e. The van der Waals surface area contributed by atoms with E-state index in [1.165, 1.54) is 47.5 Å². The summed E-state index contributed by atoms with van der Waals surface area (Å²) in [5.74, 6) is -3.26. The van der Waals surface area contributed by atoms with Crippen LogP contribution in [-0.2, 0) is 22.9 Å². The summed E-state index contributed by atoms with van der Waals surface area (Å²) in [6.45, 7) is -2.14. The molecular formula is C28H26ClF4N9O6S. The predicted octanol–water partition coefficient (Wildman–Crippen LogP) is 1.02. The van der Waals surface area contributed by atoms with Gasteiger partial charge in [-0.25, -0.2) is 32.3 Å². The summed E-state index contributed by atoms with van der Waals surface area (Å²) < 4.78 is 79.8. The number of alkyl halides is 4. The van der Waals surface area contributed by atoms with Crippen LogP contribution in [0.25, 0.3) is 17.2 Å². The number of sulfone groups is 1. The van der Waals surface area contributed by atoms with E-state index in [-0.39, 0.29) is 59.6 Å². The topological polar surface area (TPSA) is 187 Å². The molecule has 0 radical (unpaired) electrons. The van der Waals surface area contributed by atoms with Crippen LogP contribution in [-0.4, -0.2) is 113 Å². The zero-order valence-electron chi connectivity index (χ0n) is 25.1. The van der Waals surface area contributed by atoms with Crippen molar-refractivity contribution >= 4 is 33.3 Å². The maximum Gasteiger partial charge on any atom is 0.416 e. The SMILES string of the molecule is O=C(NC1CC1F)c1cccnc1-n1nc(Cn2nc(-c3ccc(Cl)cc3)n(C[C@H](O)C(F)(F)F)c2=O)nc1C(=O)N1CCS(=O)(=O)CC1. The Balaban J connectivity index is 1.41. The Morgan fingerprint density at radius 1 is 1.10 bits per heavy atom. The minimum Gasteiger partial charge on any atom is -0.382 e. The van der Waals surface area contributed by atoms with Gasteiger partial charge in [-0.15, -0.1) is 10.2 Å². The highest BCUT2D eigenvalue weighted by molar-refractivity contribution is 7.91. The van der Waals surface area contributed by atoms with Crippen LogP contribution in [0.1, 0.15) is 33.2 Å². The van der Waals surface area contributed by atoms with Crippen molar-refractivity contribution in [3.05, 3.63) is 75.3 Å². The molecule has 3 aromatic heterocycles. The van der Waals surface area contributed by atoms with Crippen LogP contribution in [0, 0.1) is 0 Å². The zero-order chi connectivity index (χ0) is 35.2. The number of benzene rings is 1. The highest BCUT2D eigenvalue weighted by Crippen LogP contribution is 2.27. The van der Waals surface area contributed by atoms with Gasteiger partial charge in [-0.1, -0.05) is 11.6 Å². The first-order chi connectivity index (χ1) is 23.1. The van der Waals surface area contributed by atoms with Gasteiger partial charge in [0.15, 0.2) is 33.4 Å². The average Bonchev–Trinajstić information content (AvgIpc) is 3.44. The van der Waals surface area contributed by atoms with Gasteiger partial charge in [-0.3, -0.25) is 14.2 Å². The van der Waals surface area contributed by atoms with Gasteiger partial charge in [-0.2, -0.15) is 17.9 Å². The molecule has 2 unspecified atom stereocenters. The Labute approximate surface area is 279 Å². The molecule has 1 saturated carbocycles. The van der Waals surface area contributed by atoms with Gasteiger partial charge in [0.2, 0.25) is 5.82 Å². The molecule has 2 amide bonds. The molecule has 1 saturated heterocycles. The number of aliphatic hydroxyl groups is 1. The number of aromatic nitrogens is 7. The molecule has 0 spiro atoms. The lowest BCUT2D eigenvalue weighted by atomic mass is 10.2. The lowest BCUT2D eigenvalue weighted by Gasteiger charge is -2.26. The molecule has 1 aliphatic heterocycles. The second kappa shape index (κ2) is 13.0. The number of rotatable bonds is 9. The van der Waals surface area contributed by atoms with E-state index in [2.05, 4.69) is 25.5 Å². The average molecular weight is 728 g/mol. The highest BCUT2D eigenvalue weighted by Gasteiger charge is 2.40. The van der Waals surface area contributed by atoms with E-state index in [4.69, 9.17) is 11.6 Å². The monoisotopic (exact) mass is 727 g/mol. The summed E-state index contributed by atoms with van der Waals surface area (Å²) >= 11 is 5.95. The number of aliphatic hydroxyl groups excluding tert-OH is 1. The highest BCUT2D eigenvalue weighted by atomic mass is 35.5. The zero-order valence-corrected chi connectivity index (χ0v) is 26.7. The van der Waals surface area contributed by atoms with E-state index in [1.54, 1.807) is 0 Å². The molecule has 15 nitrogen and oxygen atoms in total. The van der Waals surface area contributed by atoms with Gasteiger partial charge in [-0.05, 0) is 36.4 Å². The third-order valence-electron chi connectivity index (χ3n) is 7.78. The molecule has 2 fully saturated rings. The lowest BCUT2D eigenvalue weighted by Crippen LogP contribution is -2.44. The third-order valence-corrected chi connectivity index (χ3v) is 9.65. The van der Waals surface area contributed by atoms with E-state index in [1.807, 2.05) is 0 Å². The van der Waals surface area contributed by atoms with Crippen LogP contribution in [0.4, 0.5) is 17.6 Å². The van der Waals surface area contributed by atoms with Crippen LogP contribution in [0.15, 0.2) is 47.4 Å². The molecular weight excluding hydrogens is 702 g/mol. The van der Waals surface area contributed by atoms with Gasteiger partial charge >= 0.3 is 11.9 Å². The van der Waals surface area contributed by atoms with Gasteiger partial charge in [0, 0.05) is 36.3 Å². The first kappa shape index (κ1) is 34.2. The molecule has 4 aromatic rings. The summed E-state index contributed by atoms with van der Waals surface area (Å²) in [7, 11) is -3.38. The van der Waals surface area contributed by atoms with E-state index >= 15 is 0 Å². The molecule has 1 aliphatic carbocycles. The quantitative estimate of drug-likeness (QED) is 0.236. The van der Waals surface area contributed by atoms with Crippen molar-refractivity contribution in [3.63, 3.8) is 0 Å². The van der Waals surface area contributed by atoms with E-state index in [9.17, 15) is 45.5 Å². The van der Waals surface area contributed by atoms with Crippen molar-refractivity contribution < 1.29 is 40.7 Å². The third kappa shape index (κ3) is 7.35. The summed E-state index contributed by atoms with van der Waals surface area (Å²) in [5, 5.41) is 21.1. The summed E-state index contributed by atoms with van der Waals surface area (Å²) in [6, 6.07) is 7.74. The summed E-state index contributed by atoms with van der Waals surface area (Å²) in [6.07, 6.45) is -7.78. The minimum atomic E-state index is -5.06. The van der Waals surface area contributed by atoms with Gasteiger partial charge < -0.3 is 15.3 Å². The van der Waals surface area contributed by atoms with Crippen molar-refractivity contribution in [1.29, 1.82) is 0 Å². The van der Waals surface area contributed by atoms with E-state index in [0.29, 0.717) is 9.59 Å². The fraction of sp³-hybridized carbons (Fsp3) is 0.393. The largest absolute Gasteiger partial charge is 0.416 e. The molecule has 260 valence electrons. The molecule has 21 heteroatoms. The normalized spacial score (nSPS) is 19.4. The number of halogens is 5. The summed E-state index contributed by atoms with van der Waals surface area (Å²) in [4.78, 5) is 49.9. The van der Waals surface area contributed by atoms with Crippen molar-refractivity contribution in [1.82, 2.24) is 44.3 Å². The number of hydrogen-bond acceptors (Lipinski definition) is 10. The Bertz CT molecular complexity index is 2070.